The summed E-state index contributed by atoms with van der Waals surface area (Å²) in [5.74, 6) is 0.340. The summed E-state index contributed by atoms with van der Waals surface area (Å²) in [6.45, 7) is 1.38. The fourth-order valence-electron chi connectivity index (χ4n) is 1.81. The van der Waals surface area contributed by atoms with Gasteiger partial charge in [0, 0.05) is 25.2 Å². The zero-order valence-electron chi connectivity index (χ0n) is 10.1. The summed E-state index contributed by atoms with van der Waals surface area (Å²) in [6, 6.07) is 1.99. The molecule has 0 N–H and O–H groups in total. The summed E-state index contributed by atoms with van der Waals surface area (Å²) in [7, 11) is 0. The second kappa shape index (κ2) is 5.50. The van der Waals surface area contributed by atoms with Crippen LogP contribution in [0.15, 0.2) is 18.5 Å². The molecule has 0 radical (unpaired) electrons. The highest BCUT2D eigenvalue weighted by molar-refractivity contribution is 6.28. The number of hydrogen-bond acceptors (Lipinski definition) is 6. The summed E-state index contributed by atoms with van der Waals surface area (Å²) in [4.78, 5) is 12.2. The van der Waals surface area contributed by atoms with Gasteiger partial charge in [-0.1, -0.05) is 0 Å². The first-order valence-electron chi connectivity index (χ1n) is 5.97. The predicted octanol–water partition coefficient (Wildman–Crippen LogP) is 1.27. The molecule has 1 fully saturated rings. The Labute approximate surface area is 114 Å². The van der Waals surface area contributed by atoms with E-state index in [9.17, 15) is 0 Å². The molecule has 1 aliphatic heterocycles. The van der Waals surface area contributed by atoms with Crippen LogP contribution >= 0.6 is 11.6 Å². The zero-order valence-corrected chi connectivity index (χ0v) is 10.8. The van der Waals surface area contributed by atoms with E-state index in [1.165, 1.54) is 4.68 Å². The first-order chi connectivity index (χ1) is 9.31. The van der Waals surface area contributed by atoms with E-state index in [0.717, 1.165) is 12.8 Å². The lowest BCUT2D eigenvalue weighted by Gasteiger charge is -2.22. The SMILES string of the molecule is Clc1nc(OC2CCOCC2)nc(-n2cccn2)n1. The lowest BCUT2D eigenvalue weighted by molar-refractivity contribution is 0.0216. The van der Waals surface area contributed by atoms with Gasteiger partial charge >= 0.3 is 6.01 Å². The Bertz CT molecular complexity index is 542. The quantitative estimate of drug-likeness (QED) is 0.843. The molecule has 0 aromatic carbocycles. The number of halogens is 1. The minimum atomic E-state index is 0.0534. The average Bonchev–Trinajstić information content (AvgIpc) is 2.93. The Hall–Kier alpha value is -1.73. The van der Waals surface area contributed by atoms with Gasteiger partial charge in [-0.15, -0.1) is 0 Å². The number of rotatable bonds is 3. The highest BCUT2D eigenvalue weighted by Crippen LogP contribution is 2.16. The smallest absolute Gasteiger partial charge is 0.322 e. The van der Waals surface area contributed by atoms with Gasteiger partial charge in [0.2, 0.25) is 5.28 Å². The van der Waals surface area contributed by atoms with Gasteiger partial charge in [-0.05, 0) is 17.7 Å². The fourth-order valence-corrected chi connectivity index (χ4v) is 1.96. The van der Waals surface area contributed by atoms with Crippen molar-refractivity contribution in [2.45, 2.75) is 18.9 Å². The van der Waals surface area contributed by atoms with Crippen molar-refractivity contribution in [3.8, 4) is 12.0 Å². The van der Waals surface area contributed by atoms with Crippen molar-refractivity contribution in [1.82, 2.24) is 24.7 Å². The molecule has 100 valence electrons. The van der Waals surface area contributed by atoms with Gasteiger partial charge in [0.15, 0.2) is 0 Å². The van der Waals surface area contributed by atoms with Crippen LogP contribution in [-0.4, -0.2) is 44.1 Å². The molecule has 2 aromatic rings. The van der Waals surface area contributed by atoms with Crippen LogP contribution in [0.5, 0.6) is 6.01 Å². The highest BCUT2D eigenvalue weighted by Gasteiger charge is 2.18. The van der Waals surface area contributed by atoms with Crippen LogP contribution < -0.4 is 4.74 Å². The van der Waals surface area contributed by atoms with Gasteiger partial charge in [-0.3, -0.25) is 0 Å². The first-order valence-corrected chi connectivity index (χ1v) is 6.35. The molecule has 0 amide bonds. The third-order valence-corrected chi connectivity index (χ3v) is 2.89. The van der Waals surface area contributed by atoms with E-state index in [4.69, 9.17) is 21.1 Å². The van der Waals surface area contributed by atoms with Gasteiger partial charge in [0.05, 0.1) is 13.2 Å². The monoisotopic (exact) mass is 281 g/mol. The Morgan fingerprint density at radius 1 is 1.26 bits per heavy atom. The molecule has 3 heterocycles. The average molecular weight is 282 g/mol. The summed E-state index contributed by atoms with van der Waals surface area (Å²) in [5.41, 5.74) is 0. The predicted molar refractivity (Wildman–Crippen MR) is 66.4 cm³/mol. The van der Waals surface area contributed by atoms with E-state index in [-0.39, 0.29) is 17.4 Å². The maximum Gasteiger partial charge on any atom is 0.322 e. The fraction of sp³-hybridized carbons (Fsp3) is 0.455. The Morgan fingerprint density at radius 2 is 2.11 bits per heavy atom. The van der Waals surface area contributed by atoms with E-state index >= 15 is 0 Å². The van der Waals surface area contributed by atoms with Gasteiger partial charge in [-0.25, -0.2) is 4.68 Å². The second-order valence-electron chi connectivity index (χ2n) is 4.07. The van der Waals surface area contributed by atoms with Crippen LogP contribution in [-0.2, 0) is 4.74 Å². The van der Waals surface area contributed by atoms with E-state index in [2.05, 4.69) is 20.1 Å². The zero-order chi connectivity index (χ0) is 13.1. The normalized spacial score (nSPS) is 16.5. The van der Waals surface area contributed by atoms with Crippen LogP contribution in [0, 0.1) is 0 Å². The molecular weight excluding hydrogens is 270 g/mol. The topological polar surface area (TPSA) is 75.0 Å². The molecule has 0 spiro atoms. The number of ether oxygens (including phenoxy) is 2. The Kier molecular flexibility index (Phi) is 3.56. The molecule has 0 bridgehead atoms. The van der Waals surface area contributed by atoms with Crippen molar-refractivity contribution >= 4 is 11.6 Å². The molecule has 1 aliphatic rings. The van der Waals surface area contributed by atoms with Gasteiger partial charge in [-0.2, -0.15) is 20.1 Å². The Balaban J connectivity index is 1.81. The molecule has 0 unspecified atom stereocenters. The van der Waals surface area contributed by atoms with Crippen LogP contribution in [0.1, 0.15) is 12.8 Å². The summed E-state index contributed by atoms with van der Waals surface area (Å²) in [6.07, 6.45) is 5.05. The van der Waals surface area contributed by atoms with Crippen molar-refractivity contribution in [3.05, 3.63) is 23.7 Å². The third-order valence-electron chi connectivity index (χ3n) is 2.73. The van der Waals surface area contributed by atoms with Gasteiger partial charge < -0.3 is 9.47 Å². The van der Waals surface area contributed by atoms with Crippen molar-refractivity contribution in [3.63, 3.8) is 0 Å². The third kappa shape index (κ3) is 2.99. The minimum Gasteiger partial charge on any atom is -0.460 e. The molecule has 19 heavy (non-hydrogen) atoms. The maximum atomic E-state index is 5.88. The van der Waals surface area contributed by atoms with Crippen LogP contribution in [0.25, 0.3) is 5.95 Å². The minimum absolute atomic E-state index is 0.0534. The number of aromatic nitrogens is 5. The van der Waals surface area contributed by atoms with Crippen LogP contribution in [0.3, 0.4) is 0 Å². The molecular formula is C11H12ClN5O2. The number of hydrogen-bond donors (Lipinski definition) is 0. The van der Waals surface area contributed by atoms with E-state index in [1.54, 1.807) is 18.5 Å². The molecule has 0 atom stereocenters. The molecule has 7 nitrogen and oxygen atoms in total. The highest BCUT2D eigenvalue weighted by atomic mass is 35.5. The van der Waals surface area contributed by atoms with E-state index < -0.39 is 0 Å². The molecule has 3 rings (SSSR count). The molecule has 0 saturated carbocycles. The lowest BCUT2D eigenvalue weighted by Crippen LogP contribution is -2.26. The Morgan fingerprint density at radius 3 is 2.84 bits per heavy atom. The lowest BCUT2D eigenvalue weighted by atomic mass is 10.2. The van der Waals surface area contributed by atoms with Crippen LogP contribution in [0.2, 0.25) is 5.28 Å². The molecule has 2 aromatic heterocycles. The van der Waals surface area contributed by atoms with Crippen molar-refractivity contribution < 1.29 is 9.47 Å². The largest absolute Gasteiger partial charge is 0.460 e. The summed E-state index contributed by atoms with van der Waals surface area (Å²) >= 11 is 5.88. The molecule has 8 heteroatoms. The first kappa shape index (κ1) is 12.3. The van der Waals surface area contributed by atoms with Gasteiger partial charge in [0.25, 0.3) is 5.95 Å². The standard InChI is InChI=1S/C11H12ClN5O2/c12-9-14-10(17-5-1-4-13-17)16-11(15-9)19-8-2-6-18-7-3-8/h1,4-5,8H,2-3,6-7H2. The molecule has 0 aliphatic carbocycles. The van der Waals surface area contributed by atoms with Crippen molar-refractivity contribution in [2.75, 3.05) is 13.2 Å². The van der Waals surface area contributed by atoms with Crippen molar-refractivity contribution in [2.24, 2.45) is 0 Å². The van der Waals surface area contributed by atoms with E-state index in [0.29, 0.717) is 19.2 Å². The summed E-state index contributed by atoms with van der Waals surface area (Å²) in [5, 5.41) is 4.13. The maximum absolute atomic E-state index is 5.88. The second-order valence-corrected chi connectivity index (χ2v) is 4.41. The number of nitrogens with zero attached hydrogens (tertiary/aromatic N) is 5. The van der Waals surface area contributed by atoms with Crippen LogP contribution in [0.4, 0.5) is 0 Å². The van der Waals surface area contributed by atoms with Crippen molar-refractivity contribution in [1.29, 1.82) is 0 Å². The molecule has 1 saturated heterocycles. The van der Waals surface area contributed by atoms with E-state index in [1.807, 2.05) is 0 Å². The summed E-state index contributed by atoms with van der Waals surface area (Å²) < 4.78 is 12.5. The van der Waals surface area contributed by atoms with Gasteiger partial charge in [0.1, 0.15) is 6.10 Å².